The van der Waals surface area contributed by atoms with Crippen molar-refractivity contribution in [2.45, 2.75) is 27.2 Å². The molecule has 0 aromatic heterocycles. The van der Waals surface area contributed by atoms with Gasteiger partial charge in [0.25, 0.3) is 11.8 Å². The van der Waals surface area contributed by atoms with Crippen molar-refractivity contribution in [2.75, 3.05) is 18.5 Å². The molecular weight excluding hydrogens is 340 g/mol. The molecule has 0 radical (unpaired) electrons. The van der Waals surface area contributed by atoms with Crippen molar-refractivity contribution < 1.29 is 14.3 Å². The maximum Gasteiger partial charge on any atom is 0.278 e. The van der Waals surface area contributed by atoms with E-state index in [1.165, 1.54) is 4.90 Å². The van der Waals surface area contributed by atoms with Gasteiger partial charge in [-0.2, -0.15) is 0 Å². The molecule has 0 fully saturated rings. The van der Waals surface area contributed by atoms with E-state index in [0.717, 1.165) is 17.0 Å². The molecule has 1 N–H and O–H groups in total. The molecule has 0 unspecified atom stereocenters. The highest BCUT2D eigenvalue weighted by molar-refractivity contribution is 6.36. The van der Waals surface area contributed by atoms with Crippen molar-refractivity contribution >= 4 is 23.1 Å². The van der Waals surface area contributed by atoms with Gasteiger partial charge < -0.3 is 10.1 Å². The van der Waals surface area contributed by atoms with Gasteiger partial charge in [-0.15, -0.1) is 0 Å². The van der Waals surface area contributed by atoms with Crippen LogP contribution in [0.25, 0.3) is 5.57 Å². The normalized spacial score (nSPS) is 14.1. The molecule has 2 aromatic rings. The Balaban J connectivity index is 2.01. The number of rotatable bonds is 7. The van der Waals surface area contributed by atoms with Crippen molar-refractivity contribution in [3.63, 3.8) is 0 Å². The van der Waals surface area contributed by atoms with Gasteiger partial charge in [0.15, 0.2) is 0 Å². The topological polar surface area (TPSA) is 58.6 Å². The van der Waals surface area contributed by atoms with Crippen LogP contribution in [-0.4, -0.2) is 29.9 Å². The summed E-state index contributed by atoms with van der Waals surface area (Å²) in [5.74, 6) is 0.184. The second-order valence-corrected chi connectivity index (χ2v) is 6.46. The van der Waals surface area contributed by atoms with Crippen molar-refractivity contribution in [3.05, 3.63) is 65.4 Å². The van der Waals surface area contributed by atoms with Crippen LogP contribution in [0.2, 0.25) is 0 Å². The standard InChI is InChI=1S/C22H24N2O3/c1-4-14-24-21(25)19(16-8-12-18(13-9-16)27-5-2)20(22(24)26)23-17-10-6-15(3)7-11-17/h6-13,23H,4-5,14H2,1-3H3. The number of carbonyl (C=O) groups excluding carboxylic acids is 2. The third-order valence-electron chi connectivity index (χ3n) is 4.39. The van der Waals surface area contributed by atoms with Crippen LogP contribution < -0.4 is 10.1 Å². The molecule has 140 valence electrons. The molecule has 0 atom stereocenters. The van der Waals surface area contributed by atoms with Gasteiger partial charge in [-0.25, -0.2) is 0 Å². The molecule has 2 aromatic carbocycles. The first-order valence-electron chi connectivity index (χ1n) is 9.22. The number of ether oxygens (including phenoxy) is 1. The summed E-state index contributed by atoms with van der Waals surface area (Å²) in [4.78, 5) is 27.1. The van der Waals surface area contributed by atoms with E-state index in [0.29, 0.717) is 36.4 Å². The van der Waals surface area contributed by atoms with Crippen LogP contribution in [-0.2, 0) is 9.59 Å². The summed E-state index contributed by atoms with van der Waals surface area (Å²) in [5.41, 5.74) is 3.32. The van der Waals surface area contributed by atoms with Gasteiger partial charge in [-0.3, -0.25) is 14.5 Å². The van der Waals surface area contributed by atoms with Gasteiger partial charge in [0.1, 0.15) is 11.4 Å². The average Bonchev–Trinajstić information content (AvgIpc) is 2.89. The van der Waals surface area contributed by atoms with Crippen LogP contribution >= 0.6 is 0 Å². The van der Waals surface area contributed by atoms with Crippen molar-refractivity contribution in [1.29, 1.82) is 0 Å². The molecule has 5 nitrogen and oxygen atoms in total. The second kappa shape index (κ2) is 8.08. The highest BCUT2D eigenvalue weighted by Gasteiger charge is 2.38. The second-order valence-electron chi connectivity index (χ2n) is 6.46. The fraction of sp³-hybridized carbons (Fsp3) is 0.273. The van der Waals surface area contributed by atoms with Crippen LogP contribution in [0, 0.1) is 6.92 Å². The lowest BCUT2D eigenvalue weighted by Gasteiger charge is -2.13. The minimum atomic E-state index is -0.286. The van der Waals surface area contributed by atoms with E-state index < -0.39 is 0 Å². The van der Waals surface area contributed by atoms with Crippen LogP contribution in [0.5, 0.6) is 5.75 Å². The molecule has 0 saturated heterocycles. The predicted molar refractivity (Wildman–Crippen MR) is 106 cm³/mol. The van der Waals surface area contributed by atoms with E-state index >= 15 is 0 Å². The number of hydrogen-bond donors (Lipinski definition) is 1. The molecule has 1 heterocycles. The SMILES string of the molecule is CCCN1C(=O)C(Nc2ccc(C)cc2)=C(c2ccc(OCC)cc2)C1=O. The molecule has 0 saturated carbocycles. The lowest BCUT2D eigenvalue weighted by molar-refractivity contribution is -0.136. The summed E-state index contributed by atoms with van der Waals surface area (Å²) >= 11 is 0. The molecular formula is C22H24N2O3. The van der Waals surface area contributed by atoms with Crippen molar-refractivity contribution in [2.24, 2.45) is 0 Å². The third kappa shape index (κ3) is 3.87. The molecule has 0 bridgehead atoms. The number of nitrogens with one attached hydrogen (secondary N) is 1. The smallest absolute Gasteiger partial charge is 0.278 e. The maximum absolute atomic E-state index is 12.9. The number of carbonyl (C=O) groups is 2. The molecule has 1 aliphatic heterocycles. The first-order valence-corrected chi connectivity index (χ1v) is 9.22. The third-order valence-corrected chi connectivity index (χ3v) is 4.39. The molecule has 0 aliphatic carbocycles. The maximum atomic E-state index is 12.9. The fourth-order valence-corrected chi connectivity index (χ4v) is 3.05. The van der Waals surface area contributed by atoms with Gasteiger partial charge in [0.2, 0.25) is 0 Å². The molecule has 1 aliphatic rings. The van der Waals surface area contributed by atoms with Crippen LogP contribution in [0.15, 0.2) is 54.2 Å². The van der Waals surface area contributed by atoms with Gasteiger partial charge in [0.05, 0.1) is 12.2 Å². The number of benzene rings is 2. The number of hydrogen-bond acceptors (Lipinski definition) is 4. The zero-order valence-electron chi connectivity index (χ0n) is 15.9. The highest BCUT2D eigenvalue weighted by atomic mass is 16.5. The summed E-state index contributed by atoms with van der Waals surface area (Å²) in [7, 11) is 0. The Morgan fingerprint density at radius 3 is 2.19 bits per heavy atom. The molecule has 5 heteroatoms. The number of nitrogens with zero attached hydrogens (tertiary/aromatic N) is 1. The van der Waals surface area contributed by atoms with E-state index in [1.54, 1.807) is 0 Å². The number of imide groups is 1. The van der Waals surface area contributed by atoms with E-state index in [2.05, 4.69) is 5.32 Å². The van der Waals surface area contributed by atoms with Gasteiger partial charge in [0, 0.05) is 12.2 Å². The lowest BCUT2D eigenvalue weighted by atomic mass is 10.0. The van der Waals surface area contributed by atoms with Gasteiger partial charge in [-0.1, -0.05) is 36.8 Å². The Morgan fingerprint density at radius 1 is 0.926 bits per heavy atom. The molecule has 27 heavy (non-hydrogen) atoms. The predicted octanol–water partition coefficient (Wildman–Crippen LogP) is 4.00. The van der Waals surface area contributed by atoms with Crippen LogP contribution in [0.1, 0.15) is 31.4 Å². The van der Waals surface area contributed by atoms with Gasteiger partial charge >= 0.3 is 0 Å². The van der Waals surface area contributed by atoms with Crippen LogP contribution in [0.4, 0.5) is 5.69 Å². The monoisotopic (exact) mass is 364 g/mol. The number of amides is 2. The Bertz CT molecular complexity index is 867. The molecule has 0 spiro atoms. The van der Waals surface area contributed by atoms with Crippen LogP contribution in [0.3, 0.4) is 0 Å². The zero-order valence-corrected chi connectivity index (χ0v) is 15.9. The molecule has 2 amide bonds. The Labute approximate surface area is 159 Å². The minimum Gasteiger partial charge on any atom is -0.494 e. The highest BCUT2D eigenvalue weighted by Crippen LogP contribution is 2.31. The minimum absolute atomic E-state index is 0.263. The first kappa shape index (κ1) is 18.7. The number of aryl methyl sites for hydroxylation is 1. The quantitative estimate of drug-likeness (QED) is 0.755. The van der Waals surface area contributed by atoms with Gasteiger partial charge in [-0.05, 0) is 50.1 Å². The summed E-state index contributed by atoms with van der Waals surface area (Å²) < 4.78 is 5.47. The van der Waals surface area contributed by atoms with E-state index in [9.17, 15) is 9.59 Å². The Morgan fingerprint density at radius 2 is 1.59 bits per heavy atom. The van der Waals surface area contributed by atoms with Crippen molar-refractivity contribution in [3.8, 4) is 5.75 Å². The first-order chi connectivity index (χ1) is 13.0. The Kier molecular flexibility index (Phi) is 5.60. The summed E-state index contributed by atoms with van der Waals surface area (Å²) in [6.45, 7) is 6.84. The molecule has 3 rings (SSSR count). The zero-order chi connectivity index (χ0) is 19.4. The van der Waals surface area contributed by atoms with E-state index in [4.69, 9.17) is 4.74 Å². The fourth-order valence-electron chi connectivity index (χ4n) is 3.05. The Hall–Kier alpha value is -3.08. The average molecular weight is 364 g/mol. The lowest BCUT2D eigenvalue weighted by Crippen LogP contribution is -2.33. The summed E-state index contributed by atoms with van der Waals surface area (Å²) in [6, 6.07) is 15.0. The summed E-state index contributed by atoms with van der Waals surface area (Å²) in [5, 5.41) is 3.16. The van der Waals surface area contributed by atoms with E-state index in [-0.39, 0.29) is 11.8 Å². The largest absolute Gasteiger partial charge is 0.494 e. The van der Waals surface area contributed by atoms with E-state index in [1.807, 2.05) is 69.3 Å². The summed E-state index contributed by atoms with van der Waals surface area (Å²) in [6.07, 6.45) is 0.714. The number of anilines is 1. The van der Waals surface area contributed by atoms with Crippen molar-refractivity contribution in [1.82, 2.24) is 4.90 Å².